The summed E-state index contributed by atoms with van der Waals surface area (Å²) in [6, 6.07) is 3.82. The van der Waals surface area contributed by atoms with Crippen molar-refractivity contribution in [2.45, 2.75) is 32.9 Å². The van der Waals surface area contributed by atoms with Crippen LogP contribution in [0.15, 0.2) is 30.7 Å². The maximum absolute atomic E-state index is 5.90. The number of aryl methyl sites for hydroxylation is 1. The molecule has 2 heterocycles. The lowest BCUT2D eigenvalue weighted by atomic mass is 10.1. The van der Waals surface area contributed by atoms with Crippen LogP contribution in [0.3, 0.4) is 0 Å². The zero-order valence-electron chi connectivity index (χ0n) is 11.3. The summed E-state index contributed by atoms with van der Waals surface area (Å²) in [5, 5.41) is 4.14. The van der Waals surface area contributed by atoms with Gasteiger partial charge >= 0.3 is 0 Å². The first-order chi connectivity index (χ1) is 9.26. The van der Waals surface area contributed by atoms with E-state index in [0.29, 0.717) is 5.02 Å². The molecular weight excluding hydrogens is 260 g/mol. The lowest BCUT2D eigenvalue weighted by molar-refractivity contribution is 0.532. The summed E-state index contributed by atoms with van der Waals surface area (Å²) in [6.07, 6.45) is 6.56. The number of aromatic nitrogens is 3. The molecule has 1 atom stereocenters. The molecule has 0 saturated carbocycles. The Bertz CT molecular complexity index is 506. The van der Waals surface area contributed by atoms with E-state index in [-0.39, 0.29) is 6.04 Å². The quantitative estimate of drug-likeness (QED) is 0.883. The predicted octanol–water partition coefficient (Wildman–Crippen LogP) is 3.04. The SMILES string of the molecule is CCCNC(c1ccc(Cl)cn1)c1nccn1CC. The van der Waals surface area contributed by atoms with E-state index in [1.165, 1.54) is 0 Å². The van der Waals surface area contributed by atoms with Crippen LogP contribution in [0.1, 0.15) is 37.8 Å². The van der Waals surface area contributed by atoms with Crippen molar-refractivity contribution in [3.63, 3.8) is 0 Å². The lowest BCUT2D eigenvalue weighted by Gasteiger charge is -2.18. The van der Waals surface area contributed by atoms with Crippen LogP contribution in [-0.4, -0.2) is 21.1 Å². The van der Waals surface area contributed by atoms with Crippen LogP contribution in [0, 0.1) is 0 Å². The molecule has 1 N–H and O–H groups in total. The summed E-state index contributed by atoms with van der Waals surface area (Å²) >= 11 is 5.90. The summed E-state index contributed by atoms with van der Waals surface area (Å²) in [6.45, 7) is 6.07. The third-order valence-corrected chi connectivity index (χ3v) is 3.21. The van der Waals surface area contributed by atoms with Crippen molar-refractivity contribution in [3.8, 4) is 0 Å². The minimum absolute atomic E-state index is 0.00664. The smallest absolute Gasteiger partial charge is 0.132 e. The topological polar surface area (TPSA) is 42.7 Å². The minimum Gasteiger partial charge on any atom is -0.334 e. The monoisotopic (exact) mass is 278 g/mol. The number of nitrogens with zero attached hydrogens (tertiary/aromatic N) is 3. The number of imidazole rings is 1. The maximum atomic E-state index is 5.90. The third kappa shape index (κ3) is 3.33. The molecule has 19 heavy (non-hydrogen) atoms. The second-order valence-corrected chi connectivity index (χ2v) is 4.80. The molecular formula is C14H19ClN4. The van der Waals surface area contributed by atoms with Gasteiger partial charge in [0.15, 0.2) is 0 Å². The van der Waals surface area contributed by atoms with E-state index < -0.39 is 0 Å². The molecule has 0 radical (unpaired) electrons. The Morgan fingerprint density at radius 2 is 2.16 bits per heavy atom. The summed E-state index contributed by atoms with van der Waals surface area (Å²) in [5.74, 6) is 0.991. The molecule has 5 heteroatoms. The van der Waals surface area contributed by atoms with Gasteiger partial charge in [0.05, 0.1) is 10.7 Å². The molecule has 0 aromatic carbocycles. The first-order valence-electron chi connectivity index (χ1n) is 6.62. The molecule has 2 aromatic rings. The van der Waals surface area contributed by atoms with E-state index >= 15 is 0 Å². The van der Waals surface area contributed by atoms with E-state index in [1.807, 2.05) is 24.5 Å². The van der Waals surface area contributed by atoms with Gasteiger partial charge in [0.25, 0.3) is 0 Å². The van der Waals surface area contributed by atoms with Crippen molar-refractivity contribution >= 4 is 11.6 Å². The van der Waals surface area contributed by atoms with Crippen molar-refractivity contribution in [3.05, 3.63) is 47.3 Å². The summed E-state index contributed by atoms with van der Waals surface area (Å²) in [4.78, 5) is 8.88. The second-order valence-electron chi connectivity index (χ2n) is 4.36. The zero-order valence-corrected chi connectivity index (χ0v) is 12.1. The number of pyridine rings is 1. The second kappa shape index (κ2) is 6.68. The van der Waals surface area contributed by atoms with Crippen LogP contribution in [0.4, 0.5) is 0 Å². The molecule has 102 valence electrons. The number of hydrogen-bond donors (Lipinski definition) is 1. The van der Waals surface area contributed by atoms with Gasteiger partial charge in [-0.3, -0.25) is 4.98 Å². The van der Waals surface area contributed by atoms with Gasteiger partial charge < -0.3 is 9.88 Å². The first-order valence-corrected chi connectivity index (χ1v) is 7.00. The third-order valence-electron chi connectivity index (χ3n) is 2.99. The summed E-state index contributed by atoms with van der Waals surface area (Å²) in [7, 11) is 0. The van der Waals surface area contributed by atoms with Crippen molar-refractivity contribution in [1.29, 1.82) is 0 Å². The Hall–Kier alpha value is -1.39. The highest BCUT2D eigenvalue weighted by molar-refractivity contribution is 6.30. The van der Waals surface area contributed by atoms with Gasteiger partial charge in [-0.1, -0.05) is 18.5 Å². The molecule has 4 nitrogen and oxygen atoms in total. The molecule has 2 aromatic heterocycles. The van der Waals surface area contributed by atoms with E-state index in [1.54, 1.807) is 6.20 Å². The van der Waals surface area contributed by atoms with Crippen LogP contribution in [0.5, 0.6) is 0 Å². The average molecular weight is 279 g/mol. The van der Waals surface area contributed by atoms with Crippen molar-refractivity contribution in [2.75, 3.05) is 6.54 Å². The number of hydrogen-bond acceptors (Lipinski definition) is 3. The van der Waals surface area contributed by atoms with Gasteiger partial charge in [-0.15, -0.1) is 0 Å². The molecule has 0 aliphatic heterocycles. The van der Waals surface area contributed by atoms with Crippen molar-refractivity contribution in [1.82, 2.24) is 19.9 Å². The van der Waals surface area contributed by atoms with Gasteiger partial charge in [-0.2, -0.15) is 0 Å². The summed E-state index contributed by atoms with van der Waals surface area (Å²) < 4.78 is 2.13. The van der Waals surface area contributed by atoms with E-state index in [0.717, 1.165) is 31.0 Å². The predicted molar refractivity (Wildman–Crippen MR) is 77.3 cm³/mol. The maximum Gasteiger partial charge on any atom is 0.132 e. The fourth-order valence-corrected chi connectivity index (χ4v) is 2.14. The van der Waals surface area contributed by atoms with Crippen molar-refractivity contribution in [2.24, 2.45) is 0 Å². The molecule has 0 spiro atoms. The highest BCUT2D eigenvalue weighted by Crippen LogP contribution is 2.20. The van der Waals surface area contributed by atoms with Gasteiger partial charge in [-0.25, -0.2) is 4.98 Å². The standard InChI is InChI=1S/C14H19ClN4/c1-3-7-16-13(12-6-5-11(15)10-18-12)14-17-8-9-19(14)4-2/h5-6,8-10,13,16H,3-4,7H2,1-2H3. The van der Waals surface area contributed by atoms with E-state index in [2.05, 4.69) is 33.7 Å². The van der Waals surface area contributed by atoms with Crippen molar-refractivity contribution < 1.29 is 0 Å². The Morgan fingerprint density at radius 3 is 2.79 bits per heavy atom. The highest BCUT2D eigenvalue weighted by Gasteiger charge is 2.19. The molecule has 0 fully saturated rings. The fraction of sp³-hybridized carbons (Fsp3) is 0.429. The van der Waals surface area contributed by atoms with Crippen LogP contribution >= 0.6 is 11.6 Å². The average Bonchev–Trinajstić information content (AvgIpc) is 2.89. The van der Waals surface area contributed by atoms with E-state index in [9.17, 15) is 0 Å². The molecule has 0 saturated heterocycles. The Morgan fingerprint density at radius 1 is 1.32 bits per heavy atom. The number of nitrogens with one attached hydrogen (secondary N) is 1. The molecule has 0 aliphatic rings. The fourth-order valence-electron chi connectivity index (χ4n) is 2.02. The van der Waals surface area contributed by atoms with Gasteiger partial charge in [0.2, 0.25) is 0 Å². The Balaban J connectivity index is 2.32. The molecule has 2 rings (SSSR count). The van der Waals surface area contributed by atoms with Crippen LogP contribution in [-0.2, 0) is 6.54 Å². The number of rotatable bonds is 6. The van der Waals surface area contributed by atoms with Crippen LogP contribution < -0.4 is 5.32 Å². The molecule has 1 unspecified atom stereocenters. The van der Waals surface area contributed by atoms with Gasteiger partial charge in [0, 0.05) is 25.1 Å². The molecule has 0 bridgehead atoms. The largest absolute Gasteiger partial charge is 0.334 e. The summed E-state index contributed by atoms with van der Waals surface area (Å²) in [5.41, 5.74) is 0.943. The molecule has 0 aliphatic carbocycles. The highest BCUT2D eigenvalue weighted by atomic mass is 35.5. The minimum atomic E-state index is 0.00664. The van der Waals surface area contributed by atoms with Gasteiger partial charge in [-0.05, 0) is 32.0 Å². The zero-order chi connectivity index (χ0) is 13.7. The Kier molecular flexibility index (Phi) is 4.93. The lowest BCUT2D eigenvalue weighted by Crippen LogP contribution is -2.27. The first kappa shape index (κ1) is 14.0. The van der Waals surface area contributed by atoms with Crippen LogP contribution in [0.2, 0.25) is 5.02 Å². The Labute approximate surface area is 118 Å². The van der Waals surface area contributed by atoms with Gasteiger partial charge in [0.1, 0.15) is 11.9 Å². The van der Waals surface area contributed by atoms with Crippen LogP contribution in [0.25, 0.3) is 0 Å². The normalized spacial score (nSPS) is 12.6. The van der Waals surface area contributed by atoms with E-state index in [4.69, 9.17) is 11.6 Å². The molecule has 0 amide bonds. The number of halogens is 1.